The van der Waals surface area contributed by atoms with Crippen LogP contribution in [0.15, 0.2) is 18.2 Å². The van der Waals surface area contributed by atoms with Gasteiger partial charge >= 0.3 is 6.18 Å². The van der Waals surface area contributed by atoms with Gasteiger partial charge < -0.3 is 11.1 Å². The number of fused-ring (bicyclic) bond motifs is 1. The summed E-state index contributed by atoms with van der Waals surface area (Å²) in [6.07, 6.45) is -4.43. The van der Waals surface area contributed by atoms with E-state index in [2.05, 4.69) is 5.32 Å². The fourth-order valence-electron chi connectivity index (χ4n) is 1.63. The number of hydrogen-bond acceptors (Lipinski definition) is 2. The molecule has 1 aliphatic heterocycles. The maximum absolute atomic E-state index is 12.5. The number of halogens is 3. The molecule has 0 bridgehead atoms. The van der Waals surface area contributed by atoms with Crippen LogP contribution in [0.25, 0.3) is 0 Å². The van der Waals surface area contributed by atoms with Gasteiger partial charge in [-0.25, -0.2) is 0 Å². The second-order valence-electron chi connectivity index (χ2n) is 3.91. The molecular weight excluding hydrogens is 221 g/mol. The van der Waals surface area contributed by atoms with Crippen molar-refractivity contribution >= 4 is 11.6 Å². The molecule has 3 nitrogen and oxygen atoms in total. The monoisotopic (exact) mass is 230 g/mol. The first-order valence-electron chi connectivity index (χ1n) is 4.55. The van der Waals surface area contributed by atoms with Crippen molar-refractivity contribution in [1.29, 1.82) is 0 Å². The van der Waals surface area contributed by atoms with E-state index < -0.39 is 23.2 Å². The normalized spacial score (nSPS) is 24.2. The van der Waals surface area contributed by atoms with E-state index >= 15 is 0 Å². The van der Waals surface area contributed by atoms with E-state index in [1.165, 1.54) is 13.0 Å². The summed E-state index contributed by atoms with van der Waals surface area (Å²) in [6, 6.07) is 3.04. The summed E-state index contributed by atoms with van der Waals surface area (Å²) >= 11 is 0. The minimum Gasteiger partial charge on any atom is -0.324 e. The molecule has 1 aromatic carbocycles. The lowest BCUT2D eigenvalue weighted by molar-refractivity contribution is -0.137. The van der Waals surface area contributed by atoms with E-state index in [1.54, 1.807) is 0 Å². The lowest BCUT2D eigenvalue weighted by Crippen LogP contribution is -2.40. The third-order valence-corrected chi connectivity index (χ3v) is 2.63. The molecule has 1 amide bonds. The summed E-state index contributed by atoms with van der Waals surface area (Å²) in [5, 5.41) is 2.44. The van der Waals surface area contributed by atoms with Crippen LogP contribution in [-0.4, -0.2) is 5.91 Å². The molecule has 1 atom stereocenters. The van der Waals surface area contributed by atoms with Crippen LogP contribution in [0.2, 0.25) is 0 Å². The van der Waals surface area contributed by atoms with Crippen molar-refractivity contribution in [2.45, 2.75) is 18.6 Å². The minimum atomic E-state index is -4.43. The number of carbonyl (C=O) groups excluding carboxylic acids is 1. The van der Waals surface area contributed by atoms with Crippen molar-refractivity contribution in [3.63, 3.8) is 0 Å². The molecule has 86 valence electrons. The van der Waals surface area contributed by atoms with Crippen LogP contribution >= 0.6 is 0 Å². The Morgan fingerprint density at radius 3 is 2.56 bits per heavy atom. The molecule has 2 rings (SSSR count). The number of nitrogens with one attached hydrogen (secondary N) is 1. The van der Waals surface area contributed by atoms with Crippen molar-refractivity contribution in [2.24, 2.45) is 5.73 Å². The lowest BCUT2D eigenvalue weighted by Gasteiger charge is -2.16. The van der Waals surface area contributed by atoms with Crippen LogP contribution in [-0.2, 0) is 16.5 Å². The van der Waals surface area contributed by atoms with Gasteiger partial charge in [0.05, 0.1) is 5.56 Å². The second-order valence-corrected chi connectivity index (χ2v) is 3.91. The van der Waals surface area contributed by atoms with E-state index in [-0.39, 0.29) is 5.56 Å². The Bertz CT molecular complexity index is 466. The Labute approximate surface area is 89.4 Å². The van der Waals surface area contributed by atoms with E-state index in [0.717, 1.165) is 12.1 Å². The molecule has 16 heavy (non-hydrogen) atoms. The molecule has 0 spiro atoms. The van der Waals surface area contributed by atoms with Crippen molar-refractivity contribution in [3.05, 3.63) is 29.3 Å². The van der Waals surface area contributed by atoms with Crippen molar-refractivity contribution in [2.75, 3.05) is 5.32 Å². The molecule has 0 unspecified atom stereocenters. The summed E-state index contributed by atoms with van der Waals surface area (Å²) in [5.74, 6) is -0.498. The smallest absolute Gasteiger partial charge is 0.324 e. The van der Waals surface area contributed by atoms with Gasteiger partial charge in [-0.05, 0) is 25.1 Å². The molecule has 0 radical (unpaired) electrons. The van der Waals surface area contributed by atoms with Gasteiger partial charge in [0.2, 0.25) is 5.91 Å². The van der Waals surface area contributed by atoms with Crippen molar-refractivity contribution in [3.8, 4) is 0 Å². The molecule has 3 N–H and O–H groups in total. The first kappa shape index (κ1) is 10.9. The standard InChI is InChI=1S/C10H9F3N2O/c1-9(14)6-4-5(10(11,12)13)2-3-7(6)15-8(9)16/h2-4H,14H2,1H3,(H,15,16)/t9-/m0/s1. The summed E-state index contributed by atoms with van der Waals surface area (Å²) in [7, 11) is 0. The zero-order valence-electron chi connectivity index (χ0n) is 8.35. The van der Waals surface area contributed by atoms with Crippen LogP contribution in [0, 0.1) is 0 Å². The summed E-state index contributed by atoms with van der Waals surface area (Å²) in [5.41, 5.74) is 3.96. The summed E-state index contributed by atoms with van der Waals surface area (Å²) in [4.78, 5) is 11.4. The predicted octanol–water partition coefficient (Wildman–Crippen LogP) is 1.83. The van der Waals surface area contributed by atoms with Gasteiger partial charge in [-0.1, -0.05) is 0 Å². The number of alkyl halides is 3. The quantitative estimate of drug-likeness (QED) is 0.714. The molecule has 0 aromatic heterocycles. The van der Waals surface area contributed by atoms with Crippen LogP contribution in [0.1, 0.15) is 18.1 Å². The maximum atomic E-state index is 12.5. The number of anilines is 1. The molecule has 1 aliphatic rings. The summed E-state index contributed by atoms with van der Waals surface area (Å²) < 4.78 is 37.4. The van der Waals surface area contributed by atoms with Gasteiger partial charge in [0.15, 0.2) is 0 Å². The van der Waals surface area contributed by atoms with Gasteiger partial charge in [0.25, 0.3) is 0 Å². The SMILES string of the molecule is C[C@@]1(N)C(=O)Nc2ccc(C(F)(F)F)cc21. The molecule has 1 aromatic rings. The van der Waals surface area contributed by atoms with Crippen LogP contribution in [0.5, 0.6) is 0 Å². The second kappa shape index (κ2) is 2.98. The third-order valence-electron chi connectivity index (χ3n) is 2.63. The Morgan fingerprint density at radius 2 is 2.00 bits per heavy atom. The molecule has 0 aliphatic carbocycles. The average molecular weight is 230 g/mol. The lowest BCUT2D eigenvalue weighted by atomic mass is 9.93. The van der Waals surface area contributed by atoms with Crippen LogP contribution in [0.3, 0.4) is 0 Å². The van der Waals surface area contributed by atoms with E-state index in [9.17, 15) is 18.0 Å². The van der Waals surface area contributed by atoms with Crippen LogP contribution in [0.4, 0.5) is 18.9 Å². The molecule has 0 saturated heterocycles. The molecular formula is C10H9F3N2O. The molecule has 1 heterocycles. The largest absolute Gasteiger partial charge is 0.416 e. The minimum absolute atomic E-state index is 0.173. The van der Waals surface area contributed by atoms with Gasteiger partial charge in [-0.2, -0.15) is 13.2 Å². The Kier molecular flexibility index (Phi) is 2.03. The predicted molar refractivity (Wildman–Crippen MR) is 51.6 cm³/mol. The highest BCUT2D eigenvalue weighted by Gasteiger charge is 2.41. The number of hydrogen-bond donors (Lipinski definition) is 2. The van der Waals surface area contributed by atoms with Crippen LogP contribution < -0.4 is 11.1 Å². The number of benzene rings is 1. The highest BCUT2D eigenvalue weighted by molar-refractivity contribution is 6.05. The topological polar surface area (TPSA) is 55.1 Å². The van der Waals surface area contributed by atoms with Crippen molar-refractivity contribution < 1.29 is 18.0 Å². The number of carbonyl (C=O) groups is 1. The molecule has 0 fully saturated rings. The highest BCUT2D eigenvalue weighted by Crippen LogP contribution is 2.38. The molecule has 6 heteroatoms. The first-order chi connectivity index (χ1) is 7.23. The number of amides is 1. The molecule has 0 saturated carbocycles. The Hall–Kier alpha value is -1.56. The fraction of sp³-hybridized carbons (Fsp3) is 0.300. The number of nitrogens with two attached hydrogens (primary N) is 1. The maximum Gasteiger partial charge on any atom is 0.416 e. The van der Waals surface area contributed by atoms with Gasteiger partial charge in [0, 0.05) is 11.3 Å². The third kappa shape index (κ3) is 1.46. The Balaban J connectivity index is 2.57. The number of rotatable bonds is 0. The summed E-state index contributed by atoms with van der Waals surface area (Å²) in [6.45, 7) is 1.38. The van der Waals surface area contributed by atoms with Gasteiger partial charge in [-0.15, -0.1) is 0 Å². The van der Waals surface area contributed by atoms with E-state index in [0.29, 0.717) is 5.69 Å². The van der Waals surface area contributed by atoms with E-state index in [4.69, 9.17) is 5.73 Å². The van der Waals surface area contributed by atoms with Gasteiger partial charge in [0.1, 0.15) is 5.54 Å². The Morgan fingerprint density at radius 1 is 1.38 bits per heavy atom. The first-order valence-corrected chi connectivity index (χ1v) is 4.55. The zero-order valence-corrected chi connectivity index (χ0v) is 8.35. The average Bonchev–Trinajstić information content (AvgIpc) is 2.37. The fourth-order valence-corrected chi connectivity index (χ4v) is 1.63. The van der Waals surface area contributed by atoms with Gasteiger partial charge in [-0.3, -0.25) is 4.79 Å². The highest BCUT2D eigenvalue weighted by atomic mass is 19.4. The van der Waals surface area contributed by atoms with Crippen molar-refractivity contribution in [1.82, 2.24) is 0 Å². The zero-order chi connectivity index (χ0) is 12.1. The van der Waals surface area contributed by atoms with E-state index in [1.807, 2.05) is 0 Å².